The van der Waals surface area contributed by atoms with Crippen LogP contribution in [0.5, 0.6) is 0 Å². The van der Waals surface area contributed by atoms with Gasteiger partial charge in [0.15, 0.2) is 5.78 Å². The minimum Gasteiger partial charge on any atom is -0.289 e. The molecule has 3 heteroatoms. The predicted octanol–water partition coefficient (Wildman–Crippen LogP) is 13.7. The van der Waals surface area contributed by atoms with Gasteiger partial charge in [0.25, 0.3) is 0 Å². The Balaban J connectivity index is 1.25. The summed E-state index contributed by atoms with van der Waals surface area (Å²) >= 11 is 0. The number of allylic oxidation sites excluding steroid dienone is 3. The fourth-order valence-electron chi connectivity index (χ4n) is 11.0. The van der Waals surface area contributed by atoms with Gasteiger partial charge >= 0.3 is 0 Å². The maximum absolute atomic E-state index is 14.2. The zero-order valence-electron chi connectivity index (χ0n) is 36.1. The van der Waals surface area contributed by atoms with Gasteiger partial charge in [-0.05, 0) is 130 Å². The highest BCUT2D eigenvalue weighted by Crippen LogP contribution is 2.63. The van der Waals surface area contributed by atoms with Crippen molar-refractivity contribution in [3.63, 3.8) is 0 Å². The number of fused-ring (bicyclic) bond motifs is 7. The number of rotatable bonds is 5. The van der Waals surface area contributed by atoms with Crippen LogP contribution in [0.3, 0.4) is 0 Å². The first-order chi connectivity index (χ1) is 31.2. The number of hydrogen-bond donors (Lipinski definition) is 0. The van der Waals surface area contributed by atoms with Crippen LogP contribution >= 0.6 is 0 Å². The molecular weight excluding hydrogens is 777 g/mol. The van der Waals surface area contributed by atoms with Crippen LogP contribution < -0.4 is 0 Å². The lowest BCUT2D eigenvalue weighted by molar-refractivity contribution is 0.104. The minimum absolute atomic E-state index is 0.0767. The largest absolute Gasteiger partial charge is 0.289 e. The van der Waals surface area contributed by atoms with Crippen LogP contribution in [-0.2, 0) is 10.8 Å². The van der Waals surface area contributed by atoms with Crippen LogP contribution in [0.2, 0.25) is 0 Å². The molecule has 11 rings (SSSR count). The summed E-state index contributed by atoms with van der Waals surface area (Å²) in [6, 6.07) is 67.9. The zero-order valence-corrected chi connectivity index (χ0v) is 36.1. The Kier molecular flexibility index (Phi) is 8.78. The Morgan fingerprint density at radius 2 is 0.812 bits per heavy atom. The second kappa shape index (κ2) is 14.5. The summed E-state index contributed by atoms with van der Waals surface area (Å²) in [5.74, 6) is -0.195. The Morgan fingerprint density at radius 3 is 1.28 bits per heavy atom. The van der Waals surface area contributed by atoms with Gasteiger partial charge in [0.05, 0.1) is 10.8 Å². The summed E-state index contributed by atoms with van der Waals surface area (Å²) in [5.41, 5.74) is 20.2. The van der Waals surface area contributed by atoms with E-state index in [2.05, 4.69) is 191 Å². The topological polar surface area (TPSA) is 64.7 Å². The second-order valence-corrected chi connectivity index (χ2v) is 17.7. The van der Waals surface area contributed by atoms with E-state index in [1.807, 2.05) is 24.3 Å². The molecule has 0 spiro atoms. The molecule has 8 aromatic rings. The average Bonchev–Trinajstić information content (AvgIpc) is 3.88. The molecule has 0 bridgehead atoms. The van der Waals surface area contributed by atoms with E-state index < -0.39 is 10.8 Å². The molecule has 302 valence electrons. The molecule has 0 aliphatic heterocycles. The Labute approximate surface area is 374 Å². The van der Waals surface area contributed by atoms with Gasteiger partial charge in [-0.15, -0.1) is 0 Å². The molecule has 0 N–H and O–H groups in total. The highest BCUT2D eigenvalue weighted by Gasteiger charge is 2.51. The molecule has 0 atom stereocenters. The van der Waals surface area contributed by atoms with Gasteiger partial charge < -0.3 is 0 Å². The van der Waals surface area contributed by atoms with Crippen LogP contribution in [0.1, 0.15) is 88.2 Å². The van der Waals surface area contributed by atoms with Gasteiger partial charge in [0, 0.05) is 16.7 Å². The van der Waals surface area contributed by atoms with E-state index in [1.54, 1.807) is 6.07 Å². The van der Waals surface area contributed by atoms with E-state index >= 15 is 0 Å². The molecule has 0 heterocycles. The number of nitriles is 2. The third-order valence-electron chi connectivity index (χ3n) is 14.0. The molecule has 0 radical (unpaired) electrons. The third kappa shape index (κ3) is 5.41. The fraction of sp³-hybridized carbons (Fsp3) is 0.0984. The number of hydrogen-bond acceptors (Lipinski definition) is 3. The van der Waals surface area contributed by atoms with E-state index in [4.69, 9.17) is 0 Å². The number of nitrogens with zero attached hydrogens (tertiary/aromatic N) is 2. The molecule has 0 aromatic heterocycles. The molecule has 0 saturated heterocycles. The maximum atomic E-state index is 14.2. The number of benzene rings is 8. The molecule has 3 aliphatic rings. The molecule has 0 fully saturated rings. The van der Waals surface area contributed by atoms with E-state index in [9.17, 15) is 15.3 Å². The van der Waals surface area contributed by atoms with Crippen molar-refractivity contribution in [2.24, 2.45) is 0 Å². The number of Topliss-reactive ketones (excluding diaryl/α,β-unsaturated/α-hetero) is 1. The quantitative estimate of drug-likeness (QED) is 0.128. The minimum atomic E-state index is -0.755. The number of ketones is 1. The smallest absolute Gasteiger partial charge is 0.194 e. The van der Waals surface area contributed by atoms with E-state index in [0.29, 0.717) is 22.3 Å². The monoisotopic (exact) mass is 818 g/mol. The molecule has 0 unspecified atom stereocenters. The van der Waals surface area contributed by atoms with Crippen molar-refractivity contribution in [1.29, 1.82) is 10.5 Å². The fourth-order valence-corrected chi connectivity index (χ4v) is 11.0. The summed E-state index contributed by atoms with van der Waals surface area (Å²) in [6.07, 6.45) is 1.88. The standard InChI is InChI=1S/C61H42N2O/c1-37-13-22-43(23-14-37)60(44-24-15-38(2)16-25-44)54-12-8-7-9-47(54)51-33-57-52(34-56(51)60)48-30-21-41(31-53-58(42(35-62)36-63)49-10-5-6-11-50(49)59(53)64)32-55(48)61(57,45-26-17-39(3)18-27-45)46-28-19-40(4)20-29-46/h5-34H,1-4H3/b53-31-. The first kappa shape index (κ1) is 38.8. The van der Waals surface area contributed by atoms with Crippen molar-refractivity contribution in [2.75, 3.05) is 0 Å². The molecule has 0 amide bonds. The number of carbonyl (C=O) groups is 1. The second-order valence-electron chi connectivity index (χ2n) is 17.7. The summed E-state index contributed by atoms with van der Waals surface area (Å²) in [5, 5.41) is 20.3. The van der Waals surface area contributed by atoms with Crippen LogP contribution in [0, 0.1) is 50.4 Å². The van der Waals surface area contributed by atoms with Crippen molar-refractivity contribution < 1.29 is 4.79 Å². The van der Waals surface area contributed by atoms with Crippen LogP contribution in [0.4, 0.5) is 0 Å². The number of aryl methyl sites for hydroxylation is 4. The van der Waals surface area contributed by atoms with Crippen LogP contribution in [0.25, 0.3) is 33.9 Å². The first-order valence-corrected chi connectivity index (χ1v) is 21.8. The average molecular weight is 819 g/mol. The SMILES string of the molecule is Cc1ccc(C2(c3ccc(C)cc3)c3ccccc3-c3cc4c(cc32)-c2ccc(/C=C3\C(=O)c5ccccc5C3=C(C#N)C#N)cc2C4(c2ccc(C)cc2)c2ccc(C)cc2)cc1. The lowest BCUT2D eigenvalue weighted by Gasteiger charge is -2.36. The van der Waals surface area contributed by atoms with Gasteiger partial charge in [-0.25, -0.2) is 0 Å². The summed E-state index contributed by atoms with van der Waals surface area (Å²) in [4.78, 5) is 14.2. The van der Waals surface area contributed by atoms with Crippen molar-refractivity contribution in [2.45, 2.75) is 38.5 Å². The lowest BCUT2D eigenvalue weighted by atomic mass is 9.65. The Bertz CT molecular complexity index is 3320. The van der Waals surface area contributed by atoms with E-state index in [0.717, 1.165) is 33.4 Å². The first-order valence-electron chi connectivity index (χ1n) is 21.8. The summed E-state index contributed by atoms with van der Waals surface area (Å²) in [6.45, 7) is 8.54. The van der Waals surface area contributed by atoms with E-state index in [1.165, 1.54) is 61.2 Å². The van der Waals surface area contributed by atoms with E-state index in [-0.39, 0.29) is 11.4 Å². The molecule has 64 heavy (non-hydrogen) atoms. The van der Waals surface area contributed by atoms with Gasteiger partial charge in [-0.1, -0.05) is 180 Å². The van der Waals surface area contributed by atoms with Crippen molar-refractivity contribution >= 4 is 17.4 Å². The molecular formula is C61H42N2O. The maximum Gasteiger partial charge on any atom is 0.194 e. The highest BCUT2D eigenvalue weighted by atomic mass is 16.1. The third-order valence-corrected chi connectivity index (χ3v) is 14.0. The van der Waals surface area contributed by atoms with Gasteiger partial charge in [0.2, 0.25) is 0 Å². The van der Waals surface area contributed by atoms with Crippen molar-refractivity contribution in [1.82, 2.24) is 0 Å². The van der Waals surface area contributed by atoms with Crippen molar-refractivity contribution in [3.05, 3.63) is 271 Å². The van der Waals surface area contributed by atoms with Gasteiger partial charge in [-0.3, -0.25) is 4.79 Å². The number of carbonyl (C=O) groups excluding carboxylic acids is 1. The molecule has 3 nitrogen and oxygen atoms in total. The molecule has 0 saturated carbocycles. The molecule has 8 aromatic carbocycles. The summed E-state index contributed by atoms with van der Waals surface area (Å²) in [7, 11) is 0. The lowest BCUT2D eigenvalue weighted by Crippen LogP contribution is -2.30. The van der Waals surface area contributed by atoms with Crippen LogP contribution in [-0.4, -0.2) is 5.78 Å². The van der Waals surface area contributed by atoms with Crippen molar-refractivity contribution in [3.8, 4) is 34.4 Å². The van der Waals surface area contributed by atoms with Gasteiger partial charge in [-0.2, -0.15) is 10.5 Å². The predicted molar refractivity (Wildman–Crippen MR) is 257 cm³/mol. The Morgan fingerprint density at radius 1 is 0.422 bits per heavy atom. The normalized spacial score (nSPS) is 15.1. The van der Waals surface area contributed by atoms with Gasteiger partial charge in [0.1, 0.15) is 17.7 Å². The molecule has 3 aliphatic carbocycles. The zero-order chi connectivity index (χ0) is 43.9. The highest BCUT2D eigenvalue weighted by molar-refractivity contribution is 6.30. The van der Waals surface area contributed by atoms with Crippen LogP contribution in [0.15, 0.2) is 187 Å². The summed E-state index contributed by atoms with van der Waals surface area (Å²) < 4.78 is 0. The Hall–Kier alpha value is -8.11.